The highest BCUT2D eigenvalue weighted by Crippen LogP contribution is 2.35. The summed E-state index contributed by atoms with van der Waals surface area (Å²) in [5, 5.41) is 8.90. The van der Waals surface area contributed by atoms with Crippen molar-refractivity contribution in [1.29, 1.82) is 0 Å². The van der Waals surface area contributed by atoms with Crippen molar-refractivity contribution in [3.8, 4) is 5.75 Å². The SMILES string of the molecule is CC1CN(C)c2c(c[nH]c2C(=O)O)O1. The Bertz CT molecular complexity index is 372. The van der Waals surface area contributed by atoms with Gasteiger partial charge in [-0.3, -0.25) is 0 Å². The maximum atomic E-state index is 10.8. The Labute approximate surface area is 81.3 Å². The normalized spacial score (nSPS) is 20.1. The first-order valence-electron chi connectivity index (χ1n) is 4.42. The first-order chi connectivity index (χ1) is 6.59. The van der Waals surface area contributed by atoms with Gasteiger partial charge in [-0.05, 0) is 6.92 Å². The molecule has 0 fully saturated rings. The number of hydrogen-bond donors (Lipinski definition) is 2. The average Bonchev–Trinajstić information content (AvgIpc) is 2.47. The molecule has 2 heterocycles. The minimum Gasteiger partial charge on any atom is -0.485 e. The molecule has 0 amide bonds. The molecule has 5 heteroatoms. The molecule has 0 aromatic carbocycles. The Morgan fingerprint density at radius 1 is 1.79 bits per heavy atom. The molecule has 1 unspecified atom stereocenters. The molecule has 1 atom stereocenters. The first-order valence-corrected chi connectivity index (χ1v) is 4.42. The second kappa shape index (κ2) is 2.94. The highest BCUT2D eigenvalue weighted by Gasteiger charge is 2.27. The van der Waals surface area contributed by atoms with E-state index in [9.17, 15) is 4.79 Å². The Morgan fingerprint density at radius 3 is 3.14 bits per heavy atom. The summed E-state index contributed by atoms with van der Waals surface area (Å²) in [5.74, 6) is -0.347. The zero-order valence-electron chi connectivity index (χ0n) is 8.07. The second-order valence-corrected chi connectivity index (χ2v) is 3.49. The summed E-state index contributed by atoms with van der Waals surface area (Å²) in [4.78, 5) is 15.4. The van der Waals surface area contributed by atoms with E-state index in [0.29, 0.717) is 18.0 Å². The fourth-order valence-electron chi connectivity index (χ4n) is 1.76. The number of anilines is 1. The number of carboxylic acid groups (broad SMARTS) is 1. The summed E-state index contributed by atoms with van der Waals surface area (Å²) < 4.78 is 5.50. The number of H-pyrrole nitrogens is 1. The number of carbonyl (C=O) groups is 1. The number of aromatic amines is 1. The summed E-state index contributed by atoms with van der Waals surface area (Å²) in [7, 11) is 1.86. The van der Waals surface area contributed by atoms with Crippen LogP contribution in [0.25, 0.3) is 0 Å². The molecule has 1 aromatic heterocycles. The molecule has 1 aromatic rings. The van der Waals surface area contributed by atoms with Crippen LogP contribution in [-0.2, 0) is 0 Å². The largest absolute Gasteiger partial charge is 0.485 e. The Morgan fingerprint density at radius 2 is 2.50 bits per heavy atom. The smallest absolute Gasteiger partial charge is 0.354 e. The van der Waals surface area contributed by atoms with E-state index in [2.05, 4.69) is 4.98 Å². The van der Waals surface area contributed by atoms with E-state index in [0.717, 1.165) is 0 Å². The number of nitrogens with one attached hydrogen (secondary N) is 1. The van der Waals surface area contributed by atoms with Crippen LogP contribution in [0.1, 0.15) is 17.4 Å². The molecule has 0 saturated carbocycles. The van der Waals surface area contributed by atoms with Crippen molar-refractivity contribution in [3.63, 3.8) is 0 Å². The van der Waals surface area contributed by atoms with Gasteiger partial charge >= 0.3 is 5.97 Å². The highest BCUT2D eigenvalue weighted by molar-refractivity contribution is 5.94. The van der Waals surface area contributed by atoms with E-state index in [-0.39, 0.29) is 11.8 Å². The van der Waals surface area contributed by atoms with Gasteiger partial charge in [-0.15, -0.1) is 0 Å². The Balaban J connectivity index is 2.46. The minimum absolute atomic E-state index is 0.0879. The van der Waals surface area contributed by atoms with Crippen LogP contribution in [0.5, 0.6) is 5.75 Å². The van der Waals surface area contributed by atoms with Gasteiger partial charge in [0.1, 0.15) is 11.8 Å². The fraction of sp³-hybridized carbons (Fsp3) is 0.444. The first kappa shape index (κ1) is 8.93. The number of rotatable bonds is 1. The lowest BCUT2D eigenvalue weighted by atomic mass is 10.2. The summed E-state index contributed by atoms with van der Waals surface area (Å²) in [6, 6.07) is 0. The third-order valence-electron chi connectivity index (χ3n) is 2.27. The number of likely N-dealkylation sites (N-methyl/N-ethyl adjacent to an activating group) is 1. The van der Waals surface area contributed by atoms with E-state index >= 15 is 0 Å². The molecule has 5 nitrogen and oxygen atoms in total. The predicted molar refractivity (Wildman–Crippen MR) is 51.1 cm³/mol. The van der Waals surface area contributed by atoms with Crippen LogP contribution in [0.3, 0.4) is 0 Å². The molecular weight excluding hydrogens is 184 g/mol. The summed E-state index contributed by atoms with van der Waals surface area (Å²) in [5.41, 5.74) is 0.824. The van der Waals surface area contributed by atoms with Gasteiger partial charge in [0.25, 0.3) is 0 Å². The molecule has 0 spiro atoms. The Kier molecular flexibility index (Phi) is 1.87. The molecule has 1 aliphatic heterocycles. The fourth-order valence-corrected chi connectivity index (χ4v) is 1.76. The average molecular weight is 196 g/mol. The van der Waals surface area contributed by atoms with Gasteiger partial charge in [0.2, 0.25) is 0 Å². The van der Waals surface area contributed by atoms with Gasteiger partial charge in [-0.1, -0.05) is 0 Å². The maximum absolute atomic E-state index is 10.8. The number of carboxylic acids is 1. The monoisotopic (exact) mass is 196 g/mol. The number of hydrogen-bond acceptors (Lipinski definition) is 3. The van der Waals surface area contributed by atoms with Crippen LogP contribution in [0.4, 0.5) is 5.69 Å². The summed E-state index contributed by atoms with van der Waals surface area (Å²) >= 11 is 0. The van der Waals surface area contributed by atoms with E-state index in [1.165, 1.54) is 0 Å². The quantitative estimate of drug-likeness (QED) is 0.701. The lowest BCUT2D eigenvalue weighted by molar-refractivity contribution is 0.0691. The molecule has 2 rings (SSSR count). The van der Waals surface area contributed by atoms with Crippen molar-refractivity contribution in [2.45, 2.75) is 13.0 Å². The van der Waals surface area contributed by atoms with Gasteiger partial charge in [-0.2, -0.15) is 0 Å². The second-order valence-electron chi connectivity index (χ2n) is 3.49. The maximum Gasteiger partial charge on any atom is 0.354 e. The molecule has 0 radical (unpaired) electrons. The highest BCUT2D eigenvalue weighted by atomic mass is 16.5. The number of nitrogens with zero attached hydrogens (tertiary/aromatic N) is 1. The summed E-state index contributed by atoms with van der Waals surface area (Å²) in [6.45, 7) is 2.65. The van der Waals surface area contributed by atoms with E-state index in [1.807, 2.05) is 18.9 Å². The van der Waals surface area contributed by atoms with Crippen molar-refractivity contribution >= 4 is 11.7 Å². The lowest BCUT2D eigenvalue weighted by Gasteiger charge is -2.30. The van der Waals surface area contributed by atoms with Gasteiger partial charge in [0, 0.05) is 13.2 Å². The number of fused-ring (bicyclic) bond motifs is 1. The number of aromatic nitrogens is 1. The minimum atomic E-state index is -0.962. The van der Waals surface area contributed by atoms with Crippen molar-refractivity contribution in [2.75, 3.05) is 18.5 Å². The predicted octanol–water partition coefficient (Wildman–Crippen LogP) is 0.930. The van der Waals surface area contributed by atoms with E-state index in [1.54, 1.807) is 6.20 Å². The molecule has 0 aliphatic carbocycles. The molecule has 0 bridgehead atoms. The third kappa shape index (κ3) is 1.21. The molecule has 76 valence electrons. The van der Waals surface area contributed by atoms with Gasteiger partial charge in [-0.25, -0.2) is 4.79 Å². The number of ether oxygens (including phenoxy) is 1. The standard InChI is InChI=1S/C9H12N2O3/c1-5-4-11(2)8-6(14-5)3-10-7(8)9(12)13/h3,5,10H,4H2,1-2H3,(H,12,13). The Hall–Kier alpha value is -1.65. The van der Waals surface area contributed by atoms with Crippen molar-refractivity contribution in [1.82, 2.24) is 4.98 Å². The lowest BCUT2D eigenvalue weighted by Crippen LogP contribution is -2.35. The topological polar surface area (TPSA) is 65.6 Å². The van der Waals surface area contributed by atoms with Gasteiger partial charge in [0.05, 0.1) is 6.54 Å². The number of aromatic carboxylic acids is 1. The van der Waals surface area contributed by atoms with Crippen LogP contribution in [0.2, 0.25) is 0 Å². The van der Waals surface area contributed by atoms with Crippen molar-refractivity contribution in [2.24, 2.45) is 0 Å². The van der Waals surface area contributed by atoms with Crippen molar-refractivity contribution in [3.05, 3.63) is 11.9 Å². The molecule has 0 saturated heterocycles. The van der Waals surface area contributed by atoms with Crippen LogP contribution in [-0.4, -0.2) is 35.8 Å². The zero-order chi connectivity index (χ0) is 10.3. The third-order valence-corrected chi connectivity index (χ3v) is 2.27. The van der Waals surface area contributed by atoms with Crippen molar-refractivity contribution < 1.29 is 14.6 Å². The van der Waals surface area contributed by atoms with Crippen LogP contribution in [0, 0.1) is 0 Å². The molecule has 2 N–H and O–H groups in total. The molecule has 14 heavy (non-hydrogen) atoms. The van der Waals surface area contributed by atoms with Crippen LogP contribution in [0.15, 0.2) is 6.20 Å². The van der Waals surface area contributed by atoms with Crippen LogP contribution >= 0.6 is 0 Å². The molecule has 1 aliphatic rings. The zero-order valence-corrected chi connectivity index (χ0v) is 8.07. The summed E-state index contributed by atoms with van der Waals surface area (Å²) in [6.07, 6.45) is 1.68. The van der Waals surface area contributed by atoms with E-state index in [4.69, 9.17) is 9.84 Å². The van der Waals surface area contributed by atoms with Gasteiger partial charge in [0.15, 0.2) is 11.4 Å². The van der Waals surface area contributed by atoms with E-state index < -0.39 is 5.97 Å². The van der Waals surface area contributed by atoms with Crippen LogP contribution < -0.4 is 9.64 Å². The van der Waals surface area contributed by atoms with Gasteiger partial charge < -0.3 is 19.7 Å². The molecular formula is C9H12N2O3.